The molecule has 3 nitrogen and oxygen atoms in total. The first-order valence-corrected chi connectivity index (χ1v) is 7.35. The van der Waals surface area contributed by atoms with Gasteiger partial charge in [0.2, 0.25) is 0 Å². The van der Waals surface area contributed by atoms with Crippen LogP contribution in [0.1, 0.15) is 51.8 Å². The fraction of sp³-hybridized carbons (Fsp3) is 0.471. The second-order valence-corrected chi connectivity index (χ2v) is 6.70. The molecule has 21 heavy (non-hydrogen) atoms. The van der Waals surface area contributed by atoms with E-state index in [9.17, 15) is 4.39 Å². The van der Waals surface area contributed by atoms with Crippen molar-refractivity contribution in [1.82, 2.24) is 15.1 Å². The molecular weight excluding hydrogens is 265 g/mol. The number of rotatable bonds is 4. The number of nitrogens with zero attached hydrogens (tertiary/aromatic N) is 2. The first-order chi connectivity index (χ1) is 9.78. The van der Waals surface area contributed by atoms with Crippen LogP contribution >= 0.6 is 0 Å². The Kier molecular flexibility index (Phi) is 4.47. The Labute approximate surface area is 126 Å². The zero-order valence-corrected chi connectivity index (χ0v) is 13.4. The van der Waals surface area contributed by atoms with Crippen molar-refractivity contribution in [1.29, 1.82) is 0 Å². The van der Waals surface area contributed by atoms with Gasteiger partial charge in [-0.3, -0.25) is 0 Å². The monoisotopic (exact) mass is 289 g/mol. The van der Waals surface area contributed by atoms with Gasteiger partial charge in [0.15, 0.2) is 0 Å². The number of benzene rings is 1. The normalized spacial score (nSPS) is 12.1. The molecule has 0 aliphatic carbocycles. The summed E-state index contributed by atoms with van der Waals surface area (Å²) in [7, 11) is 0. The van der Waals surface area contributed by atoms with Gasteiger partial charge in [0.05, 0.1) is 17.6 Å². The van der Waals surface area contributed by atoms with Crippen molar-refractivity contribution in [2.45, 2.75) is 52.6 Å². The standard InChI is InChI=1S/C17H24FN3/c1-12(2)16-13(10-19-17(3,4)5)11-20-21(16)15-8-6-14(18)7-9-15/h6-9,11-12,19H,10H2,1-5H3. The zero-order chi connectivity index (χ0) is 15.6. The lowest BCUT2D eigenvalue weighted by atomic mass is 10.0. The molecule has 4 heteroatoms. The molecule has 0 bridgehead atoms. The first-order valence-electron chi connectivity index (χ1n) is 7.35. The summed E-state index contributed by atoms with van der Waals surface area (Å²) >= 11 is 0. The molecule has 0 spiro atoms. The lowest BCUT2D eigenvalue weighted by Gasteiger charge is -2.21. The quantitative estimate of drug-likeness (QED) is 0.921. The van der Waals surface area contributed by atoms with E-state index in [0.717, 1.165) is 12.2 Å². The van der Waals surface area contributed by atoms with E-state index in [4.69, 9.17) is 0 Å². The molecule has 0 aliphatic rings. The summed E-state index contributed by atoms with van der Waals surface area (Å²) in [6.07, 6.45) is 1.90. The van der Waals surface area contributed by atoms with Crippen LogP contribution in [0, 0.1) is 5.82 Å². The molecule has 0 saturated heterocycles. The smallest absolute Gasteiger partial charge is 0.123 e. The van der Waals surface area contributed by atoms with Gasteiger partial charge in [-0.05, 0) is 51.0 Å². The summed E-state index contributed by atoms with van der Waals surface area (Å²) < 4.78 is 15.0. The van der Waals surface area contributed by atoms with Gasteiger partial charge in [-0.25, -0.2) is 9.07 Å². The van der Waals surface area contributed by atoms with Crippen molar-refractivity contribution in [2.24, 2.45) is 0 Å². The van der Waals surface area contributed by atoms with E-state index < -0.39 is 0 Å². The van der Waals surface area contributed by atoms with Crippen LogP contribution in [0.2, 0.25) is 0 Å². The van der Waals surface area contributed by atoms with Crippen molar-refractivity contribution >= 4 is 0 Å². The number of aromatic nitrogens is 2. The Morgan fingerprint density at radius 3 is 2.33 bits per heavy atom. The van der Waals surface area contributed by atoms with Gasteiger partial charge in [-0.1, -0.05) is 13.8 Å². The molecule has 1 heterocycles. The Bertz CT molecular complexity index is 591. The second kappa shape index (κ2) is 5.98. The summed E-state index contributed by atoms with van der Waals surface area (Å²) in [5.41, 5.74) is 3.30. The molecule has 1 aromatic heterocycles. The van der Waals surface area contributed by atoms with Gasteiger partial charge in [-0.15, -0.1) is 0 Å². The van der Waals surface area contributed by atoms with Crippen molar-refractivity contribution < 1.29 is 4.39 Å². The summed E-state index contributed by atoms with van der Waals surface area (Å²) in [5, 5.41) is 7.99. The van der Waals surface area contributed by atoms with E-state index in [-0.39, 0.29) is 11.4 Å². The van der Waals surface area contributed by atoms with Crippen LogP contribution < -0.4 is 5.32 Å². The Hall–Kier alpha value is -1.68. The molecular formula is C17H24FN3. The van der Waals surface area contributed by atoms with Gasteiger partial charge in [0.25, 0.3) is 0 Å². The number of hydrogen-bond donors (Lipinski definition) is 1. The van der Waals surface area contributed by atoms with Gasteiger partial charge in [0.1, 0.15) is 5.82 Å². The maximum Gasteiger partial charge on any atom is 0.123 e. The minimum absolute atomic E-state index is 0.0617. The second-order valence-electron chi connectivity index (χ2n) is 6.70. The van der Waals surface area contributed by atoms with Crippen molar-refractivity contribution in [3.8, 4) is 5.69 Å². The molecule has 2 aromatic rings. The van der Waals surface area contributed by atoms with Gasteiger partial charge >= 0.3 is 0 Å². The topological polar surface area (TPSA) is 29.9 Å². The number of hydrogen-bond acceptors (Lipinski definition) is 2. The van der Waals surface area contributed by atoms with Gasteiger partial charge in [-0.2, -0.15) is 5.10 Å². The van der Waals surface area contributed by atoms with Gasteiger partial charge < -0.3 is 5.32 Å². The first kappa shape index (κ1) is 15.7. The summed E-state index contributed by atoms with van der Waals surface area (Å²) in [4.78, 5) is 0. The maximum absolute atomic E-state index is 13.1. The van der Waals surface area contributed by atoms with Crippen LogP contribution in [0.25, 0.3) is 5.69 Å². The van der Waals surface area contributed by atoms with E-state index in [2.05, 4.69) is 45.0 Å². The molecule has 0 atom stereocenters. The predicted molar refractivity (Wildman–Crippen MR) is 84.2 cm³/mol. The Morgan fingerprint density at radius 1 is 1.19 bits per heavy atom. The fourth-order valence-electron chi connectivity index (χ4n) is 2.29. The summed E-state index contributed by atoms with van der Waals surface area (Å²) in [6, 6.07) is 6.45. The molecule has 114 valence electrons. The highest BCUT2D eigenvalue weighted by Crippen LogP contribution is 2.23. The third-order valence-corrected chi connectivity index (χ3v) is 3.31. The Balaban J connectivity index is 2.35. The largest absolute Gasteiger partial charge is 0.308 e. The SMILES string of the molecule is CC(C)c1c(CNC(C)(C)C)cnn1-c1ccc(F)cc1. The molecule has 0 aliphatic heterocycles. The van der Waals surface area contributed by atoms with Gasteiger partial charge in [0, 0.05) is 17.6 Å². The highest BCUT2D eigenvalue weighted by Gasteiger charge is 2.17. The van der Waals surface area contributed by atoms with Crippen LogP contribution in [-0.4, -0.2) is 15.3 Å². The van der Waals surface area contributed by atoms with E-state index in [0.29, 0.717) is 5.92 Å². The average molecular weight is 289 g/mol. The number of nitrogens with one attached hydrogen (secondary N) is 1. The van der Waals surface area contributed by atoms with Crippen LogP contribution in [0.3, 0.4) is 0 Å². The van der Waals surface area contributed by atoms with Crippen LogP contribution in [-0.2, 0) is 6.54 Å². The highest BCUT2D eigenvalue weighted by atomic mass is 19.1. The third kappa shape index (κ3) is 3.91. The molecule has 0 fully saturated rings. The van der Waals surface area contributed by atoms with Crippen LogP contribution in [0.15, 0.2) is 30.5 Å². The molecule has 0 saturated carbocycles. The molecule has 2 rings (SSSR count). The van der Waals surface area contributed by atoms with E-state index >= 15 is 0 Å². The lowest BCUT2D eigenvalue weighted by Crippen LogP contribution is -2.35. The third-order valence-electron chi connectivity index (χ3n) is 3.31. The fourth-order valence-corrected chi connectivity index (χ4v) is 2.29. The molecule has 1 N–H and O–H groups in total. The molecule has 0 radical (unpaired) electrons. The predicted octanol–water partition coefficient (Wildman–Crippen LogP) is 4.02. The minimum atomic E-state index is -0.230. The summed E-state index contributed by atoms with van der Waals surface area (Å²) in [5.74, 6) is 0.112. The van der Waals surface area contributed by atoms with Crippen LogP contribution in [0.4, 0.5) is 4.39 Å². The van der Waals surface area contributed by atoms with Crippen molar-refractivity contribution in [3.05, 3.63) is 47.5 Å². The van der Waals surface area contributed by atoms with E-state index in [1.807, 2.05) is 10.9 Å². The highest BCUT2D eigenvalue weighted by molar-refractivity contribution is 5.36. The molecule has 0 unspecified atom stereocenters. The Morgan fingerprint density at radius 2 is 1.81 bits per heavy atom. The zero-order valence-electron chi connectivity index (χ0n) is 13.4. The summed E-state index contributed by atoms with van der Waals surface area (Å²) in [6.45, 7) is 11.5. The van der Waals surface area contributed by atoms with Crippen LogP contribution in [0.5, 0.6) is 0 Å². The minimum Gasteiger partial charge on any atom is -0.308 e. The van der Waals surface area contributed by atoms with Crippen molar-refractivity contribution in [2.75, 3.05) is 0 Å². The number of halogens is 1. The van der Waals surface area contributed by atoms with E-state index in [1.165, 1.54) is 23.4 Å². The van der Waals surface area contributed by atoms with E-state index in [1.54, 1.807) is 12.1 Å². The molecule has 1 aromatic carbocycles. The average Bonchev–Trinajstić information content (AvgIpc) is 2.80. The van der Waals surface area contributed by atoms with Crippen molar-refractivity contribution in [3.63, 3.8) is 0 Å². The lowest BCUT2D eigenvalue weighted by molar-refractivity contribution is 0.423. The molecule has 0 amide bonds. The maximum atomic E-state index is 13.1.